The number of carbonyl (C=O) groups excluding carboxylic acids is 1. The van der Waals surface area contributed by atoms with Crippen molar-refractivity contribution in [3.8, 4) is 0 Å². The van der Waals surface area contributed by atoms with Gasteiger partial charge in [-0.25, -0.2) is 23.5 Å². The number of halogens is 2. The summed E-state index contributed by atoms with van der Waals surface area (Å²) < 4.78 is 37.7. The molecule has 0 aliphatic carbocycles. The van der Waals surface area contributed by atoms with Crippen molar-refractivity contribution in [2.45, 2.75) is 12.7 Å². The largest absolute Gasteiger partial charge is 0.444 e. The standard InChI is InChI=1S/C18H16F2N4O3/c19-12-4-1-3-11(15(12)20)10-27-18(25)24-7-8-26-14(9-24)17-22-13-5-2-6-21-16(13)23-17/h1-6,14H,7-10H2,(H,21,22,23)/t14-/m0/s1. The summed E-state index contributed by atoms with van der Waals surface area (Å²) in [5.74, 6) is -1.43. The maximum Gasteiger partial charge on any atom is 0.410 e. The van der Waals surface area contributed by atoms with Crippen molar-refractivity contribution >= 4 is 17.3 Å². The lowest BCUT2D eigenvalue weighted by Crippen LogP contribution is -2.42. The third-order valence-electron chi connectivity index (χ3n) is 4.29. The van der Waals surface area contributed by atoms with Crippen LogP contribution in [0.1, 0.15) is 17.5 Å². The predicted molar refractivity (Wildman–Crippen MR) is 90.7 cm³/mol. The summed E-state index contributed by atoms with van der Waals surface area (Å²) in [6, 6.07) is 7.35. The van der Waals surface area contributed by atoms with Gasteiger partial charge in [0.15, 0.2) is 17.3 Å². The molecule has 3 heterocycles. The van der Waals surface area contributed by atoms with Crippen LogP contribution in [-0.4, -0.2) is 45.6 Å². The minimum atomic E-state index is -1.01. The van der Waals surface area contributed by atoms with Crippen molar-refractivity contribution in [2.75, 3.05) is 19.7 Å². The van der Waals surface area contributed by atoms with Crippen LogP contribution in [0.15, 0.2) is 36.5 Å². The Labute approximate surface area is 152 Å². The Morgan fingerprint density at radius 1 is 1.33 bits per heavy atom. The molecule has 1 aliphatic rings. The Kier molecular flexibility index (Phi) is 4.68. The van der Waals surface area contributed by atoms with Crippen LogP contribution in [-0.2, 0) is 16.1 Å². The lowest BCUT2D eigenvalue weighted by Gasteiger charge is -2.31. The number of nitrogens with one attached hydrogen (secondary N) is 1. The maximum atomic E-state index is 13.7. The van der Waals surface area contributed by atoms with Crippen molar-refractivity contribution in [1.29, 1.82) is 0 Å². The lowest BCUT2D eigenvalue weighted by atomic mass is 10.2. The van der Waals surface area contributed by atoms with Gasteiger partial charge in [0.25, 0.3) is 0 Å². The Morgan fingerprint density at radius 3 is 3.07 bits per heavy atom. The number of imidazole rings is 1. The van der Waals surface area contributed by atoms with Gasteiger partial charge in [-0.15, -0.1) is 0 Å². The molecule has 0 unspecified atom stereocenters. The van der Waals surface area contributed by atoms with Crippen LogP contribution in [0.25, 0.3) is 11.2 Å². The van der Waals surface area contributed by atoms with Crippen LogP contribution >= 0.6 is 0 Å². The van der Waals surface area contributed by atoms with Gasteiger partial charge in [0, 0.05) is 18.3 Å². The Balaban J connectivity index is 1.41. The summed E-state index contributed by atoms with van der Waals surface area (Å²) in [5, 5.41) is 0. The van der Waals surface area contributed by atoms with E-state index in [2.05, 4.69) is 15.0 Å². The SMILES string of the molecule is O=C(OCc1cccc(F)c1F)N1CCO[C@H](c2nc3cccnc3[nH]2)C1. The first-order valence-corrected chi connectivity index (χ1v) is 8.38. The number of aromatic amines is 1. The van der Waals surface area contributed by atoms with Gasteiger partial charge in [-0.3, -0.25) is 0 Å². The zero-order chi connectivity index (χ0) is 18.8. The summed E-state index contributed by atoms with van der Waals surface area (Å²) in [4.78, 5) is 25.5. The molecule has 1 fully saturated rings. The minimum absolute atomic E-state index is 0.0171. The van der Waals surface area contributed by atoms with Gasteiger partial charge in [-0.1, -0.05) is 12.1 Å². The van der Waals surface area contributed by atoms with Crippen molar-refractivity contribution in [1.82, 2.24) is 19.9 Å². The number of hydrogen-bond donors (Lipinski definition) is 1. The molecule has 0 radical (unpaired) electrons. The molecular formula is C18H16F2N4O3. The van der Waals surface area contributed by atoms with E-state index in [-0.39, 0.29) is 18.7 Å². The van der Waals surface area contributed by atoms with Gasteiger partial charge in [0.2, 0.25) is 0 Å². The number of H-pyrrole nitrogens is 1. The molecule has 1 N–H and O–H groups in total. The zero-order valence-corrected chi connectivity index (χ0v) is 14.2. The Morgan fingerprint density at radius 2 is 2.22 bits per heavy atom. The first kappa shape index (κ1) is 17.3. The van der Waals surface area contributed by atoms with Crippen molar-refractivity contribution in [2.24, 2.45) is 0 Å². The van der Waals surface area contributed by atoms with Crippen LogP contribution in [0.5, 0.6) is 0 Å². The molecule has 0 bridgehead atoms. The highest BCUT2D eigenvalue weighted by molar-refractivity contribution is 5.70. The molecule has 1 aromatic carbocycles. The van der Waals surface area contributed by atoms with E-state index in [1.165, 1.54) is 17.0 Å². The van der Waals surface area contributed by atoms with Crippen molar-refractivity contribution in [3.63, 3.8) is 0 Å². The fourth-order valence-corrected chi connectivity index (χ4v) is 2.89. The number of aromatic nitrogens is 3. The van der Waals surface area contributed by atoms with E-state index in [9.17, 15) is 13.6 Å². The molecule has 1 atom stereocenters. The highest BCUT2D eigenvalue weighted by Crippen LogP contribution is 2.22. The van der Waals surface area contributed by atoms with Crippen LogP contribution in [0.2, 0.25) is 0 Å². The number of morpholine rings is 1. The molecule has 140 valence electrons. The van der Waals surface area contributed by atoms with Gasteiger partial charge in [-0.05, 0) is 18.2 Å². The third kappa shape index (κ3) is 3.59. The monoisotopic (exact) mass is 374 g/mol. The highest BCUT2D eigenvalue weighted by Gasteiger charge is 2.28. The van der Waals surface area contributed by atoms with Crippen LogP contribution < -0.4 is 0 Å². The average Bonchev–Trinajstić information content (AvgIpc) is 3.13. The number of benzene rings is 1. The van der Waals surface area contributed by atoms with Crippen LogP contribution in [0, 0.1) is 11.6 Å². The molecule has 1 amide bonds. The van der Waals surface area contributed by atoms with Gasteiger partial charge >= 0.3 is 6.09 Å². The normalized spacial score (nSPS) is 17.3. The van der Waals surface area contributed by atoms with E-state index in [0.29, 0.717) is 30.1 Å². The molecule has 2 aromatic heterocycles. The van der Waals surface area contributed by atoms with Crippen LogP contribution in [0.4, 0.5) is 13.6 Å². The smallest absolute Gasteiger partial charge is 0.410 e. The molecule has 3 aromatic rings. The number of rotatable bonds is 3. The Bertz CT molecular complexity index is 945. The highest BCUT2D eigenvalue weighted by atomic mass is 19.2. The predicted octanol–water partition coefficient (Wildman–Crippen LogP) is 2.95. The number of hydrogen-bond acceptors (Lipinski definition) is 5. The molecule has 1 saturated heterocycles. The first-order valence-electron chi connectivity index (χ1n) is 8.38. The van der Waals surface area contributed by atoms with E-state index < -0.39 is 23.8 Å². The minimum Gasteiger partial charge on any atom is -0.444 e. The summed E-state index contributed by atoms with van der Waals surface area (Å²) >= 11 is 0. The molecular weight excluding hydrogens is 358 g/mol. The summed E-state index contributed by atoms with van der Waals surface area (Å²) in [5.41, 5.74) is 1.33. The number of pyridine rings is 1. The van der Waals surface area contributed by atoms with Gasteiger partial charge in [-0.2, -0.15) is 0 Å². The lowest BCUT2D eigenvalue weighted by molar-refractivity contribution is -0.0331. The summed E-state index contributed by atoms with van der Waals surface area (Å²) in [6.07, 6.45) is 0.578. The average molecular weight is 374 g/mol. The fourth-order valence-electron chi connectivity index (χ4n) is 2.89. The fraction of sp³-hybridized carbons (Fsp3) is 0.278. The topological polar surface area (TPSA) is 80.3 Å². The van der Waals surface area contributed by atoms with E-state index >= 15 is 0 Å². The second-order valence-electron chi connectivity index (χ2n) is 6.07. The number of ether oxygens (including phenoxy) is 2. The van der Waals surface area contributed by atoms with Crippen molar-refractivity contribution < 1.29 is 23.0 Å². The first-order chi connectivity index (χ1) is 13.1. The van der Waals surface area contributed by atoms with Gasteiger partial charge < -0.3 is 19.4 Å². The second kappa shape index (κ2) is 7.28. The van der Waals surface area contributed by atoms with E-state index in [1.807, 2.05) is 6.07 Å². The molecule has 27 heavy (non-hydrogen) atoms. The molecule has 1 aliphatic heterocycles. The second-order valence-corrected chi connectivity index (χ2v) is 6.07. The number of carbonyl (C=O) groups is 1. The zero-order valence-electron chi connectivity index (χ0n) is 14.2. The molecule has 9 heteroatoms. The summed E-state index contributed by atoms with van der Waals surface area (Å²) in [6.45, 7) is 0.515. The van der Waals surface area contributed by atoms with Crippen LogP contribution in [0.3, 0.4) is 0 Å². The quantitative estimate of drug-likeness (QED) is 0.762. The summed E-state index contributed by atoms with van der Waals surface area (Å²) in [7, 11) is 0. The van der Waals surface area contributed by atoms with E-state index in [1.54, 1.807) is 12.3 Å². The molecule has 0 spiro atoms. The number of nitrogens with zero attached hydrogens (tertiary/aromatic N) is 3. The number of fused-ring (bicyclic) bond motifs is 1. The Hall–Kier alpha value is -3.07. The van der Waals surface area contributed by atoms with Gasteiger partial charge in [0.1, 0.15) is 24.1 Å². The molecule has 7 nitrogen and oxygen atoms in total. The number of amides is 1. The molecule has 0 saturated carbocycles. The van der Waals surface area contributed by atoms with E-state index in [4.69, 9.17) is 9.47 Å². The van der Waals surface area contributed by atoms with Gasteiger partial charge in [0.05, 0.1) is 13.2 Å². The molecule has 4 rings (SSSR count). The third-order valence-corrected chi connectivity index (χ3v) is 4.29. The van der Waals surface area contributed by atoms with Crippen molar-refractivity contribution in [3.05, 3.63) is 59.6 Å². The maximum absolute atomic E-state index is 13.7. The van der Waals surface area contributed by atoms with E-state index in [0.717, 1.165) is 6.07 Å².